The standard InChI is InChI=1S/3C2H8N4.ClH.Rh/c3*3-1(4)2(5)6;;/h3*3-6H2;1H;. The van der Waals surface area contributed by atoms with E-state index >= 15 is 0 Å². The molecule has 20 heavy (non-hydrogen) atoms. The molecule has 1 radical (unpaired) electrons. The van der Waals surface area contributed by atoms with Crippen molar-refractivity contribution >= 4 is 12.4 Å². The van der Waals surface area contributed by atoms with Crippen molar-refractivity contribution in [2.75, 3.05) is 0 Å². The first-order valence-electron chi connectivity index (χ1n) is 4.21. The van der Waals surface area contributed by atoms with Gasteiger partial charge < -0.3 is 68.8 Å². The molecule has 0 saturated heterocycles. The van der Waals surface area contributed by atoms with Crippen molar-refractivity contribution < 1.29 is 19.5 Å². The van der Waals surface area contributed by atoms with Gasteiger partial charge >= 0.3 is 0 Å². The topological polar surface area (TPSA) is 312 Å². The van der Waals surface area contributed by atoms with E-state index in [-0.39, 0.29) is 66.8 Å². The summed E-state index contributed by atoms with van der Waals surface area (Å²) >= 11 is 0. The van der Waals surface area contributed by atoms with E-state index in [0.29, 0.717) is 0 Å². The quantitative estimate of drug-likeness (QED) is 0.168. The predicted molar refractivity (Wildman–Crippen MR) is 78.6 cm³/mol. The van der Waals surface area contributed by atoms with Crippen molar-refractivity contribution in [3.8, 4) is 0 Å². The molecule has 14 heteroatoms. The molecule has 0 aromatic carbocycles. The van der Waals surface area contributed by atoms with E-state index in [1.807, 2.05) is 0 Å². The Kier molecular flexibility index (Phi) is 25.6. The molecule has 0 aliphatic heterocycles. The zero-order chi connectivity index (χ0) is 15.5. The van der Waals surface area contributed by atoms with Gasteiger partial charge in [0.1, 0.15) is 34.9 Å². The van der Waals surface area contributed by atoms with Gasteiger partial charge in [0, 0.05) is 19.5 Å². The van der Waals surface area contributed by atoms with Gasteiger partial charge in [-0.2, -0.15) is 0 Å². The fourth-order valence-electron chi connectivity index (χ4n) is 0. The van der Waals surface area contributed by atoms with Crippen LogP contribution in [0.1, 0.15) is 0 Å². The molecule has 0 aromatic heterocycles. The van der Waals surface area contributed by atoms with E-state index in [4.69, 9.17) is 68.8 Å². The number of hydrogen-bond donors (Lipinski definition) is 12. The minimum atomic E-state index is -0.0185. The summed E-state index contributed by atoms with van der Waals surface area (Å²) in [5.41, 5.74) is 58.1. The average molecular weight is 404 g/mol. The van der Waals surface area contributed by atoms with E-state index < -0.39 is 0 Å². The van der Waals surface area contributed by atoms with Crippen molar-refractivity contribution in [1.82, 2.24) is 0 Å². The monoisotopic (exact) mass is 403 g/mol. The Labute approximate surface area is 136 Å². The Balaban J connectivity index is -0.0000000536. The van der Waals surface area contributed by atoms with Crippen LogP contribution in [-0.4, -0.2) is 0 Å². The number of hydrogen-bond acceptors (Lipinski definition) is 12. The summed E-state index contributed by atoms with van der Waals surface area (Å²) in [5, 5.41) is 0. The Bertz CT molecular complexity index is 231. The maximum atomic E-state index is 4.84. The molecule has 24 N–H and O–H groups in total. The van der Waals surface area contributed by atoms with E-state index in [1.54, 1.807) is 0 Å². The van der Waals surface area contributed by atoms with Gasteiger partial charge in [0.25, 0.3) is 0 Å². The Morgan fingerprint density at radius 2 is 0.350 bits per heavy atom. The molecule has 0 amide bonds. The molecule has 0 unspecified atom stereocenters. The van der Waals surface area contributed by atoms with Crippen LogP contribution in [0.25, 0.3) is 0 Å². The summed E-state index contributed by atoms with van der Waals surface area (Å²) in [7, 11) is 0. The largest absolute Gasteiger partial charge is 0.383 e. The maximum Gasteiger partial charge on any atom is 0.134 e. The first-order chi connectivity index (χ1) is 7.93. The third kappa shape index (κ3) is 36.0. The number of rotatable bonds is 0. The molecule has 0 aliphatic rings. The molecule has 0 atom stereocenters. The molecule has 0 spiro atoms. The Morgan fingerprint density at radius 3 is 0.350 bits per heavy atom. The molecule has 125 valence electrons. The number of halogens is 1. The van der Waals surface area contributed by atoms with Crippen LogP contribution in [0.3, 0.4) is 0 Å². The molecule has 0 heterocycles. The molecule has 0 aliphatic carbocycles. The van der Waals surface area contributed by atoms with E-state index in [0.717, 1.165) is 0 Å². The first kappa shape index (κ1) is 30.6. The molecule has 0 fully saturated rings. The van der Waals surface area contributed by atoms with Gasteiger partial charge in [0.05, 0.1) is 0 Å². The summed E-state index contributed by atoms with van der Waals surface area (Å²) in [6.45, 7) is 0. The van der Waals surface area contributed by atoms with Gasteiger partial charge in [-0.15, -0.1) is 12.4 Å². The van der Waals surface area contributed by atoms with Crippen LogP contribution in [-0.2, 0) is 19.5 Å². The third-order valence-electron chi connectivity index (χ3n) is 1.00. The smallest absolute Gasteiger partial charge is 0.134 e. The van der Waals surface area contributed by atoms with Crippen LogP contribution in [0.2, 0.25) is 0 Å². The summed E-state index contributed by atoms with van der Waals surface area (Å²) in [6, 6.07) is 0. The maximum absolute atomic E-state index is 4.84. The predicted octanol–water partition coefficient (Wildman–Crippen LogP) is -5.74. The minimum Gasteiger partial charge on any atom is -0.383 e. The fourth-order valence-corrected chi connectivity index (χ4v) is 0. The fraction of sp³-hybridized carbons (Fsp3) is 0. The van der Waals surface area contributed by atoms with Crippen LogP contribution in [0.15, 0.2) is 34.9 Å². The second kappa shape index (κ2) is 16.7. The summed E-state index contributed by atoms with van der Waals surface area (Å²) in [6.07, 6.45) is 0. The van der Waals surface area contributed by atoms with Gasteiger partial charge in [-0.25, -0.2) is 0 Å². The molecular formula is C6H25ClN12Rh. The molecule has 0 saturated carbocycles. The van der Waals surface area contributed by atoms with E-state index in [9.17, 15) is 0 Å². The van der Waals surface area contributed by atoms with Crippen molar-refractivity contribution in [3.05, 3.63) is 34.9 Å². The third-order valence-corrected chi connectivity index (χ3v) is 1.00. The Morgan fingerprint density at radius 1 is 0.300 bits per heavy atom. The van der Waals surface area contributed by atoms with Gasteiger partial charge in [0.2, 0.25) is 0 Å². The van der Waals surface area contributed by atoms with Crippen molar-refractivity contribution in [1.29, 1.82) is 0 Å². The van der Waals surface area contributed by atoms with Crippen LogP contribution in [0.5, 0.6) is 0 Å². The van der Waals surface area contributed by atoms with Crippen LogP contribution >= 0.6 is 12.4 Å². The first-order valence-corrected chi connectivity index (χ1v) is 4.21. The molecular weight excluding hydrogens is 379 g/mol. The number of nitrogens with two attached hydrogens (primary N) is 12. The summed E-state index contributed by atoms with van der Waals surface area (Å²) in [4.78, 5) is 0. The van der Waals surface area contributed by atoms with Crippen LogP contribution in [0, 0.1) is 0 Å². The van der Waals surface area contributed by atoms with Crippen molar-refractivity contribution in [2.45, 2.75) is 0 Å². The molecule has 0 aromatic rings. The van der Waals surface area contributed by atoms with Crippen LogP contribution < -0.4 is 68.8 Å². The zero-order valence-electron chi connectivity index (χ0n) is 10.7. The van der Waals surface area contributed by atoms with Gasteiger partial charge in [-0.05, 0) is 0 Å². The van der Waals surface area contributed by atoms with Gasteiger partial charge in [-0.3, -0.25) is 0 Å². The zero-order valence-corrected chi connectivity index (χ0v) is 13.1. The van der Waals surface area contributed by atoms with Crippen molar-refractivity contribution in [3.63, 3.8) is 0 Å². The SMILES string of the molecule is Cl.NC(N)=C(N)N.NC(N)=C(N)N.NC(N)=C(N)N.[Rh]. The average Bonchev–Trinajstić information content (AvgIpc) is 2.18. The molecule has 12 nitrogen and oxygen atoms in total. The van der Waals surface area contributed by atoms with Gasteiger partial charge in [0.15, 0.2) is 0 Å². The van der Waals surface area contributed by atoms with Crippen molar-refractivity contribution in [2.24, 2.45) is 68.8 Å². The van der Waals surface area contributed by atoms with E-state index in [2.05, 4.69) is 0 Å². The van der Waals surface area contributed by atoms with Gasteiger partial charge in [-0.1, -0.05) is 0 Å². The second-order valence-electron chi connectivity index (χ2n) is 2.73. The summed E-state index contributed by atoms with van der Waals surface area (Å²) in [5.74, 6) is -0.111. The van der Waals surface area contributed by atoms with E-state index in [1.165, 1.54) is 0 Å². The summed E-state index contributed by atoms with van der Waals surface area (Å²) < 4.78 is 0. The molecule has 0 bridgehead atoms. The second-order valence-corrected chi connectivity index (χ2v) is 2.73. The normalized spacial score (nSPS) is 6.60. The van der Waals surface area contributed by atoms with Crippen LogP contribution in [0.4, 0.5) is 0 Å². The minimum absolute atomic E-state index is 0. The molecule has 0 rings (SSSR count). The Hall–Kier alpha value is -2.27.